The van der Waals surface area contributed by atoms with Crippen LogP contribution < -0.4 is 19.5 Å². The number of pyridine rings is 1. The predicted molar refractivity (Wildman–Crippen MR) is 123 cm³/mol. The van der Waals surface area contributed by atoms with E-state index in [4.69, 9.17) is 9.47 Å². The van der Waals surface area contributed by atoms with Crippen LogP contribution in [0.15, 0.2) is 47.8 Å². The molecule has 34 heavy (non-hydrogen) atoms. The molecule has 0 fully saturated rings. The molecule has 4 rings (SSSR count). The Morgan fingerprint density at radius 1 is 1.32 bits per heavy atom. The maximum absolute atomic E-state index is 12.8. The lowest BCUT2D eigenvalue weighted by Crippen LogP contribution is -2.40. The van der Waals surface area contributed by atoms with Crippen molar-refractivity contribution in [2.45, 2.75) is 37.2 Å². The second kappa shape index (κ2) is 8.94. The molecule has 2 aromatic heterocycles. The van der Waals surface area contributed by atoms with Crippen LogP contribution in [-0.4, -0.2) is 48.4 Å². The van der Waals surface area contributed by atoms with Crippen molar-refractivity contribution in [3.63, 3.8) is 0 Å². The lowest BCUT2D eigenvalue weighted by molar-refractivity contribution is 0.192. The van der Waals surface area contributed by atoms with Gasteiger partial charge in [0.1, 0.15) is 11.3 Å². The molecule has 0 saturated heterocycles. The molecular formula is C22H24N6O5S. The molecule has 1 aliphatic rings. The first-order valence-electron chi connectivity index (χ1n) is 10.4. The second-order valence-electron chi connectivity index (χ2n) is 8.09. The van der Waals surface area contributed by atoms with E-state index >= 15 is 0 Å². The molecule has 0 amide bonds. The number of nitriles is 1. The molecule has 0 radical (unpaired) electrons. The summed E-state index contributed by atoms with van der Waals surface area (Å²) in [6, 6.07) is 10.5. The number of hydrogen-bond donors (Lipinski definition) is 3. The number of nitrogens with one attached hydrogen (secondary N) is 2. The summed E-state index contributed by atoms with van der Waals surface area (Å²) >= 11 is 0. The van der Waals surface area contributed by atoms with Crippen molar-refractivity contribution in [2.24, 2.45) is 0 Å². The zero-order chi connectivity index (χ0) is 24.5. The minimum atomic E-state index is -4.19. The van der Waals surface area contributed by atoms with E-state index in [0.29, 0.717) is 35.9 Å². The fourth-order valence-electron chi connectivity index (χ4n) is 3.56. The van der Waals surface area contributed by atoms with E-state index in [2.05, 4.69) is 20.1 Å². The van der Waals surface area contributed by atoms with Gasteiger partial charge >= 0.3 is 0 Å². The van der Waals surface area contributed by atoms with Gasteiger partial charge in [-0.25, -0.2) is 13.4 Å². The van der Waals surface area contributed by atoms with Crippen molar-refractivity contribution >= 4 is 15.7 Å². The molecule has 1 unspecified atom stereocenters. The highest BCUT2D eigenvalue weighted by Gasteiger charge is 2.27. The van der Waals surface area contributed by atoms with E-state index in [1.807, 2.05) is 18.2 Å². The number of benzene rings is 1. The summed E-state index contributed by atoms with van der Waals surface area (Å²) in [5.41, 5.74) is 1.77. The summed E-state index contributed by atoms with van der Waals surface area (Å²) in [6.45, 7) is 3.68. The van der Waals surface area contributed by atoms with E-state index < -0.39 is 21.9 Å². The quantitative estimate of drug-likeness (QED) is 0.407. The molecule has 1 aromatic carbocycles. The number of hydrogen-bond acceptors (Lipinski definition) is 9. The van der Waals surface area contributed by atoms with Crippen molar-refractivity contribution in [3.8, 4) is 28.8 Å². The Labute approximate surface area is 197 Å². The van der Waals surface area contributed by atoms with E-state index in [1.165, 1.54) is 24.1 Å². The molecule has 11 nitrogen and oxygen atoms in total. The number of fused-ring (bicyclic) bond motifs is 1. The summed E-state index contributed by atoms with van der Waals surface area (Å²) in [5, 5.41) is 26.4. The first-order chi connectivity index (χ1) is 16.1. The molecule has 3 aromatic rings. The van der Waals surface area contributed by atoms with Crippen LogP contribution in [0.5, 0.6) is 11.6 Å². The zero-order valence-electron chi connectivity index (χ0n) is 18.8. The van der Waals surface area contributed by atoms with Gasteiger partial charge in [-0.15, -0.1) is 0 Å². The number of anilines is 1. The summed E-state index contributed by atoms with van der Waals surface area (Å²) in [5.74, 6) is 1.07. The molecule has 0 spiro atoms. The molecule has 1 atom stereocenters. The van der Waals surface area contributed by atoms with E-state index in [0.717, 1.165) is 11.1 Å². The Morgan fingerprint density at radius 2 is 2.12 bits per heavy atom. The smallest absolute Gasteiger partial charge is 0.263 e. The molecule has 0 bridgehead atoms. The van der Waals surface area contributed by atoms with Crippen LogP contribution in [0.4, 0.5) is 5.69 Å². The topological polar surface area (TPSA) is 151 Å². The van der Waals surface area contributed by atoms with Crippen LogP contribution in [-0.2, 0) is 22.0 Å². The van der Waals surface area contributed by atoms with Crippen LogP contribution in [0.3, 0.4) is 0 Å². The van der Waals surface area contributed by atoms with Crippen molar-refractivity contribution in [1.29, 1.82) is 5.26 Å². The van der Waals surface area contributed by atoms with E-state index in [1.54, 1.807) is 32.2 Å². The normalized spacial score (nSPS) is 14.1. The number of methoxy groups -OCH3 is 1. The fraction of sp³-hybridized carbons (Fsp3) is 0.318. The Balaban J connectivity index is 1.63. The molecule has 3 heterocycles. The van der Waals surface area contributed by atoms with Gasteiger partial charge in [-0.3, -0.25) is 4.68 Å². The van der Waals surface area contributed by atoms with Gasteiger partial charge in [0.25, 0.3) is 10.0 Å². The molecule has 0 aliphatic carbocycles. The van der Waals surface area contributed by atoms with Crippen molar-refractivity contribution in [2.75, 3.05) is 19.0 Å². The summed E-state index contributed by atoms with van der Waals surface area (Å²) in [6.07, 6.45) is 1.91. The maximum Gasteiger partial charge on any atom is 0.263 e. The summed E-state index contributed by atoms with van der Waals surface area (Å²) in [7, 11) is -2.68. The highest BCUT2D eigenvalue weighted by Crippen LogP contribution is 2.40. The number of ether oxygens (including phenoxy) is 2. The third kappa shape index (κ3) is 4.54. The molecule has 3 N–H and O–H groups in total. The van der Waals surface area contributed by atoms with Crippen LogP contribution in [0.1, 0.15) is 19.4 Å². The summed E-state index contributed by atoms with van der Waals surface area (Å²) < 4.78 is 39.9. The lowest BCUT2D eigenvalue weighted by Gasteiger charge is -2.20. The van der Waals surface area contributed by atoms with Gasteiger partial charge in [0.15, 0.2) is 11.4 Å². The van der Waals surface area contributed by atoms with Crippen LogP contribution >= 0.6 is 0 Å². The predicted octanol–water partition coefficient (Wildman–Crippen LogP) is 1.81. The highest BCUT2D eigenvalue weighted by atomic mass is 32.2. The third-order valence-electron chi connectivity index (χ3n) is 5.37. The Kier molecular flexibility index (Phi) is 6.18. The van der Waals surface area contributed by atoms with Crippen molar-refractivity contribution in [1.82, 2.24) is 19.5 Å². The third-order valence-corrected chi connectivity index (χ3v) is 6.67. The molecular weight excluding hydrogens is 460 g/mol. The van der Waals surface area contributed by atoms with E-state index in [-0.39, 0.29) is 5.03 Å². The Morgan fingerprint density at radius 3 is 2.85 bits per heavy atom. The van der Waals surface area contributed by atoms with Gasteiger partial charge in [0.05, 0.1) is 25.5 Å². The lowest BCUT2D eigenvalue weighted by atomic mass is 9.99. The average Bonchev–Trinajstić information content (AvgIpc) is 3.50. The number of rotatable bonds is 8. The van der Waals surface area contributed by atoms with Crippen LogP contribution in [0, 0.1) is 11.3 Å². The van der Waals surface area contributed by atoms with Crippen molar-refractivity contribution in [3.05, 3.63) is 48.3 Å². The van der Waals surface area contributed by atoms with E-state index in [9.17, 15) is 18.8 Å². The van der Waals surface area contributed by atoms with Gasteiger partial charge < -0.3 is 19.9 Å². The molecule has 12 heteroatoms. The maximum atomic E-state index is 12.8. The monoisotopic (exact) mass is 484 g/mol. The van der Waals surface area contributed by atoms with Gasteiger partial charge in [-0.1, -0.05) is 0 Å². The number of aliphatic hydroxyl groups excluding tert-OH is 1. The standard InChI is InChI=1S/C22H24N6O5S/c1-22(2,13-23)28-10-7-19(26-28)34(30,31)27-21(29)25-20-15(4-5-17-16(20)8-11-33-17)14-6-9-24-18(12-14)32-3/h4-7,9-10,12,21,25,27,29H,8,11H2,1-3H3. The first-order valence-corrected chi connectivity index (χ1v) is 11.9. The summed E-state index contributed by atoms with van der Waals surface area (Å²) in [4.78, 5) is 4.12. The minimum absolute atomic E-state index is 0.322. The van der Waals surface area contributed by atoms with Crippen LogP contribution in [0.25, 0.3) is 11.1 Å². The fourth-order valence-corrected chi connectivity index (χ4v) is 4.46. The molecule has 0 saturated carbocycles. The number of nitrogens with zero attached hydrogens (tertiary/aromatic N) is 4. The second-order valence-corrected chi connectivity index (χ2v) is 9.75. The Hall–Kier alpha value is -3.66. The first kappa shape index (κ1) is 23.5. The zero-order valence-corrected chi connectivity index (χ0v) is 19.6. The largest absolute Gasteiger partial charge is 0.493 e. The van der Waals surface area contributed by atoms with Gasteiger partial charge in [0, 0.05) is 36.0 Å². The molecule has 1 aliphatic heterocycles. The van der Waals surface area contributed by atoms with Gasteiger partial charge in [-0.2, -0.15) is 15.1 Å². The highest BCUT2D eigenvalue weighted by molar-refractivity contribution is 7.89. The Bertz CT molecular complexity index is 1360. The van der Waals surface area contributed by atoms with Crippen LogP contribution in [0.2, 0.25) is 0 Å². The van der Waals surface area contributed by atoms with Crippen molar-refractivity contribution < 1.29 is 23.0 Å². The SMILES string of the molecule is COc1cc(-c2ccc3c(c2NC(O)NS(=O)(=O)c2ccn(C(C)(C)C#N)n2)CCO3)ccn1. The van der Waals surface area contributed by atoms with Gasteiger partial charge in [0.2, 0.25) is 5.88 Å². The number of aliphatic hydroxyl groups is 1. The van der Waals surface area contributed by atoms with Gasteiger partial charge in [-0.05, 0) is 43.7 Å². The minimum Gasteiger partial charge on any atom is -0.493 e. The number of sulfonamides is 1. The molecule has 178 valence electrons. The number of aromatic nitrogens is 3. The average molecular weight is 485 g/mol.